The summed E-state index contributed by atoms with van der Waals surface area (Å²) in [5, 5.41) is 0. The first-order valence-corrected chi connectivity index (χ1v) is 7.36. The van der Waals surface area contributed by atoms with Crippen molar-refractivity contribution in [1.29, 1.82) is 0 Å². The monoisotopic (exact) mass is 236 g/mol. The fraction of sp³-hybridized carbons (Fsp3) is 0.800. The Hall–Kier alpha value is -0.790. The molecule has 17 heavy (non-hydrogen) atoms. The molecule has 0 bridgehead atoms. The third-order valence-electron chi connectivity index (χ3n) is 3.24. The lowest BCUT2D eigenvalue weighted by molar-refractivity contribution is 0.575. The largest absolute Gasteiger partial charge is 0.338 e. The van der Waals surface area contributed by atoms with Crippen LogP contribution in [0.1, 0.15) is 64.7 Å². The lowest BCUT2D eigenvalue weighted by atomic mass is 10.1. The summed E-state index contributed by atoms with van der Waals surface area (Å²) in [6.07, 6.45) is 18.9. The fourth-order valence-electron chi connectivity index (χ4n) is 2.11. The Kier molecular flexibility index (Phi) is 8.71. The van der Waals surface area contributed by atoms with Crippen LogP contribution in [0.4, 0.5) is 0 Å². The van der Waals surface area contributed by atoms with E-state index in [1.807, 2.05) is 6.34 Å². The fourth-order valence-corrected chi connectivity index (χ4v) is 2.11. The minimum atomic E-state index is 0.960. The van der Waals surface area contributed by atoms with Gasteiger partial charge in [-0.15, -0.1) is 0 Å². The van der Waals surface area contributed by atoms with Crippen molar-refractivity contribution >= 4 is 6.34 Å². The number of nitrogens with zero attached hydrogens (tertiary/aromatic N) is 2. The molecule has 1 aliphatic rings. The molecule has 1 rings (SSSR count). The average molecular weight is 236 g/mol. The van der Waals surface area contributed by atoms with Gasteiger partial charge in [0, 0.05) is 12.7 Å². The van der Waals surface area contributed by atoms with Gasteiger partial charge in [0.2, 0.25) is 0 Å². The van der Waals surface area contributed by atoms with Crippen LogP contribution >= 0.6 is 0 Å². The maximum Gasteiger partial charge on any atom is 0.0890 e. The Balaban J connectivity index is 1.79. The van der Waals surface area contributed by atoms with Gasteiger partial charge in [-0.1, -0.05) is 57.9 Å². The number of allylic oxidation sites excluding steroid dienone is 1. The lowest BCUT2D eigenvalue weighted by Gasteiger charge is -2.05. The number of aliphatic imine (C=N–C) groups is 1. The summed E-state index contributed by atoms with van der Waals surface area (Å²) >= 11 is 0. The molecule has 0 aromatic heterocycles. The van der Waals surface area contributed by atoms with Crippen molar-refractivity contribution in [2.45, 2.75) is 64.7 Å². The third kappa shape index (κ3) is 8.00. The predicted molar refractivity (Wildman–Crippen MR) is 76.4 cm³/mol. The van der Waals surface area contributed by atoms with E-state index in [2.05, 4.69) is 29.1 Å². The number of unbranched alkanes of at least 4 members (excludes halogenated alkanes) is 8. The molecule has 98 valence electrons. The van der Waals surface area contributed by atoms with E-state index >= 15 is 0 Å². The molecule has 0 radical (unpaired) electrons. The molecule has 0 aromatic rings. The predicted octanol–water partition coefficient (Wildman–Crippen LogP) is 4.37. The Labute approximate surface area is 107 Å². The van der Waals surface area contributed by atoms with Crippen molar-refractivity contribution in [2.75, 3.05) is 13.1 Å². The van der Waals surface area contributed by atoms with Crippen LogP contribution in [0.2, 0.25) is 0 Å². The zero-order valence-electron chi connectivity index (χ0n) is 11.4. The van der Waals surface area contributed by atoms with Crippen LogP contribution < -0.4 is 0 Å². The van der Waals surface area contributed by atoms with Gasteiger partial charge in [-0.2, -0.15) is 0 Å². The summed E-state index contributed by atoms with van der Waals surface area (Å²) in [5.74, 6) is 0. The summed E-state index contributed by atoms with van der Waals surface area (Å²) in [4.78, 5) is 6.35. The highest BCUT2D eigenvalue weighted by Crippen LogP contribution is 2.09. The van der Waals surface area contributed by atoms with Crippen molar-refractivity contribution in [3.63, 3.8) is 0 Å². The molecule has 2 heteroatoms. The van der Waals surface area contributed by atoms with Crippen molar-refractivity contribution in [2.24, 2.45) is 4.99 Å². The second-order valence-electron chi connectivity index (χ2n) is 4.91. The minimum Gasteiger partial charge on any atom is -0.338 e. The highest BCUT2D eigenvalue weighted by atomic mass is 15.2. The molecule has 0 N–H and O–H groups in total. The molecule has 0 aromatic carbocycles. The van der Waals surface area contributed by atoms with Crippen molar-refractivity contribution in [3.05, 3.63) is 12.3 Å². The molecule has 0 amide bonds. The van der Waals surface area contributed by atoms with Crippen LogP contribution in [0.5, 0.6) is 0 Å². The zero-order chi connectivity index (χ0) is 12.2. The van der Waals surface area contributed by atoms with E-state index in [0.717, 1.165) is 13.1 Å². The molecule has 1 aliphatic heterocycles. The van der Waals surface area contributed by atoms with Gasteiger partial charge >= 0.3 is 0 Å². The first-order chi connectivity index (χ1) is 8.43. The second-order valence-corrected chi connectivity index (χ2v) is 4.91. The normalized spacial score (nSPS) is 15.2. The van der Waals surface area contributed by atoms with Crippen molar-refractivity contribution in [1.82, 2.24) is 4.90 Å². The molecule has 0 aliphatic carbocycles. The summed E-state index contributed by atoms with van der Waals surface area (Å²) in [5.41, 5.74) is 0. The second kappa shape index (κ2) is 10.4. The van der Waals surface area contributed by atoms with E-state index in [4.69, 9.17) is 0 Å². The molecule has 0 saturated heterocycles. The minimum absolute atomic E-state index is 0.960. The quantitative estimate of drug-likeness (QED) is 0.514. The summed E-state index contributed by atoms with van der Waals surface area (Å²) in [6, 6.07) is 0. The van der Waals surface area contributed by atoms with Gasteiger partial charge < -0.3 is 4.90 Å². The van der Waals surface area contributed by atoms with Gasteiger partial charge in [-0.25, -0.2) is 0 Å². The van der Waals surface area contributed by atoms with E-state index in [0.29, 0.717) is 0 Å². The Morgan fingerprint density at radius 1 is 1.06 bits per heavy atom. The molecule has 0 spiro atoms. The number of rotatable bonds is 10. The van der Waals surface area contributed by atoms with Gasteiger partial charge in [-0.05, 0) is 12.8 Å². The number of hydrogen-bond acceptors (Lipinski definition) is 2. The molecule has 1 heterocycles. The van der Waals surface area contributed by atoms with E-state index in [1.54, 1.807) is 0 Å². The van der Waals surface area contributed by atoms with Crippen LogP contribution in [0.15, 0.2) is 17.3 Å². The Morgan fingerprint density at radius 2 is 1.76 bits per heavy atom. The zero-order valence-corrected chi connectivity index (χ0v) is 11.4. The molecule has 0 fully saturated rings. The first-order valence-electron chi connectivity index (χ1n) is 7.36. The molecular weight excluding hydrogens is 208 g/mol. The van der Waals surface area contributed by atoms with E-state index in [1.165, 1.54) is 57.8 Å². The summed E-state index contributed by atoms with van der Waals surface area (Å²) in [6.45, 7) is 4.30. The van der Waals surface area contributed by atoms with Crippen LogP contribution in [0, 0.1) is 0 Å². The van der Waals surface area contributed by atoms with Crippen molar-refractivity contribution < 1.29 is 0 Å². The first kappa shape index (κ1) is 14.3. The van der Waals surface area contributed by atoms with E-state index < -0.39 is 0 Å². The van der Waals surface area contributed by atoms with Crippen LogP contribution in [-0.2, 0) is 0 Å². The van der Waals surface area contributed by atoms with E-state index in [9.17, 15) is 0 Å². The van der Waals surface area contributed by atoms with Gasteiger partial charge in [0.25, 0.3) is 0 Å². The van der Waals surface area contributed by atoms with Crippen LogP contribution in [-0.4, -0.2) is 24.3 Å². The van der Waals surface area contributed by atoms with Gasteiger partial charge in [0.1, 0.15) is 0 Å². The maximum absolute atomic E-state index is 4.18. The topological polar surface area (TPSA) is 15.6 Å². The molecule has 0 atom stereocenters. The van der Waals surface area contributed by atoms with Gasteiger partial charge in [-0.3, -0.25) is 4.99 Å². The number of hydrogen-bond donors (Lipinski definition) is 0. The van der Waals surface area contributed by atoms with Gasteiger partial charge in [0.15, 0.2) is 0 Å². The lowest BCUT2D eigenvalue weighted by Crippen LogP contribution is -2.10. The smallest absolute Gasteiger partial charge is 0.0890 e. The highest BCUT2D eigenvalue weighted by Gasteiger charge is 1.98. The highest BCUT2D eigenvalue weighted by molar-refractivity contribution is 5.58. The van der Waals surface area contributed by atoms with E-state index in [-0.39, 0.29) is 0 Å². The van der Waals surface area contributed by atoms with Crippen molar-refractivity contribution in [3.8, 4) is 0 Å². The van der Waals surface area contributed by atoms with Gasteiger partial charge in [0.05, 0.1) is 12.9 Å². The molecule has 2 nitrogen and oxygen atoms in total. The molecule has 0 saturated carbocycles. The summed E-state index contributed by atoms with van der Waals surface area (Å²) in [7, 11) is 0. The molecular formula is C15H28N2. The maximum atomic E-state index is 4.18. The van der Waals surface area contributed by atoms with Crippen LogP contribution in [0.25, 0.3) is 0 Å². The molecule has 0 unspecified atom stereocenters. The Bertz CT molecular complexity index is 221. The Morgan fingerprint density at radius 3 is 2.41 bits per heavy atom. The SMILES string of the molecule is CCCCCCCCCCC=CN1C=NCC1. The summed E-state index contributed by atoms with van der Waals surface area (Å²) < 4.78 is 0. The standard InChI is InChI=1S/C15H28N2/c1-2-3-4-5-6-7-8-9-10-11-13-17-14-12-16-15-17/h11,13,15H,2-10,12,14H2,1H3. The average Bonchev–Trinajstić information content (AvgIpc) is 2.85. The van der Waals surface area contributed by atoms with Crippen LogP contribution in [0.3, 0.4) is 0 Å². The third-order valence-corrected chi connectivity index (χ3v) is 3.24.